The molecule has 0 fully saturated rings. The maximum absolute atomic E-state index is 10.5. The number of ether oxygens (including phenoxy) is 1. The maximum atomic E-state index is 10.5. The van der Waals surface area contributed by atoms with E-state index in [2.05, 4.69) is 4.74 Å². The molecule has 0 aromatic carbocycles. The van der Waals surface area contributed by atoms with E-state index in [1.807, 2.05) is 5.32 Å². The highest BCUT2D eigenvalue weighted by molar-refractivity contribution is 5.78. The van der Waals surface area contributed by atoms with E-state index in [0.29, 0.717) is 6.29 Å². The van der Waals surface area contributed by atoms with Crippen LogP contribution < -0.4 is 5.32 Å². The van der Waals surface area contributed by atoms with Crippen LogP contribution in [0, 0.1) is 0 Å². The number of hydrogen-bond acceptors (Lipinski definition) is 4. The molecule has 0 saturated carbocycles. The molecule has 6 nitrogen and oxygen atoms in total. The molecule has 0 rings (SSSR count). The number of aliphatic carboxylic acids is 1. The first-order valence-corrected chi connectivity index (χ1v) is 3.11. The molecule has 0 spiro atoms. The van der Waals surface area contributed by atoms with Gasteiger partial charge in [0.25, 0.3) is 0 Å². The minimum absolute atomic E-state index is 0.338. The van der Waals surface area contributed by atoms with Crippen LogP contribution in [0.2, 0.25) is 0 Å². The SMILES string of the molecule is COC(=O)N[C@H](C=O)CC(=O)O. The van der Waals surface area contributed by atoms with Crippen molar-refractivity contribution in [3.8, 4) is 0 Å². The van der Waals surface area contributed by atoms with Gasteiger partial charge in [-0.05, 0) is 0 Å². The quantitative estimate of drug-likeness (QED) is 0.555. The summed E-state index contributed by atoms with van der Waals surface area (Å²) < 4.78 is 4.16. The van der Waals surface area contributed by atoms with Crippen molar-refractivity contribution < 1.29 is 24.2 Å². The van der Waals surface area contributed by atoms with Gasteiger partial charge >= 0.3 is 12.1 Å². The van der Waals surface area contributed by atoms with Gasteiger partial charge in [0.1, 0.15) is 6.29 Å². The minimum Gasteiger partial charge on any atom is -0.481 e. The van der Waals surface area contributed by atoms with Crippen LogP contribution in [0.15, 0.2) is 0 Å². The van der Waals surface area contributed by atoms with Gasteiger partial charge in [-0.3, -0.25) is 4.79 Å². The van der Waals surface area contributed by atoms with E-state index in [4.69, 9.17) is 5.11 Å². The molecule has 0 aromatic heterocycles. The van der Waals surface area contributed by atoms with E-state index < -0.39 is 24.5 Å². The van der Waals surface area contributed by atoms with Crippen LogP contribution in [0.1, 0.15) is 6.42 Å². The predicted molar refractivity (Wildman–Crippen MR) is 37.6 cm³/mol. The lowest BCUT2D eigenvalue weighted by molar-refractivity contribution is -0.138. The number of aldehydes is 1. The molecule has 6 heteroatoms. The second-order valence-corrected chi connectivity index (χ2v) is 1.98. The summed E-state index contributed by atoms with van der Waals surface area (Å²) in [6.45, 7) is 0. The summed E-state index contributed by atoms with van der Waals surface area (Å²) in [6, 6.07) is -1.03. The number of hydrogen-bond donors (Lipinski definition) is 2. The summed E-state index contributed by atoms with van der Waals surface area (Å²) in [6.07, 6.45) is -0.933. The number of carboxylic acids is 1. The molecule has 0 aliphatic rings. The largest absolute Gasteiger partial charge is 0.481 e. The summed E-state index contributed by atoms with van der Waals surface area (Å²) in [4.78, 5) is 30.7. The highest BCUT2D eigenvalue weighted by Crippen LogP contribution is 1.88. The van der Waals surface area contributed by atoms with Gasteiger partial charge in [0.2, 0.25) is 0 Å². The Morgan fingerprint density at radius 3 is 2.58 bits per heavy atom. The predicted octanol–water partition coefficient (Wildman–Crippen LogP) is -0.615. The Morgan fingerprint density at radius 1 is 1.67 bits per heavy atom. The molecule has 1 amide bonds. The number of carbonyl (C=O) groups is 3. The van der Waals surface area contributed by atoms with E-state index in [-0.39, 0.29) is 0 Å². The summed E-state index contributed by atoms with van der Waals surface area (Å²) >= 11 is 0. The molecule has 68 valence electrons. The number of amides is 1. The van der Waals surface area contributed by atoms with E-state index in [1.165, 1.54) is 0 Å². The van der Waals surface area contributed by atoms with Crippen LogP contribution in [-0.2, 0) is 14.3 Å². The molecule has 0 unspecified atom stereocenters. The molecule has 0 bridgehead atoms. The molecule has 0 saturated heterocycles. The van der Waals surface area contributed by atoms with E-state index in [9.17, 15) is 14.4 Å². The van der Waals surface area contributed by atoms with Crippen molar-refractivity contribution in [1.29, 1.82) is 0 Å². The van der Waals surface area contributed by atoms with Crippen molar-refractivity contribution in [3.63, 3.8) is 0 Å². The average Bonchev–Trinajstić information content (AvgIpc) is 2.02. The molecular weight excluding hydrogens is 166 g/mol. The van der Waals surface area contributed by atoms with Crippen LogP contribution in [0.5, 0.6) is 0 Å². The van der Waals surface area contributed by atoms with E-state index in [0.717, 1.165) is 7.11 Å². The van der Waals surface area contributed by atoms with Gasteiger partial charge in [-0.2, -0.15) is 0 Å². The average molecular weight is 175 g/mol. The second kappa shape index (κ2) is 5.11. The second-order valence-electron chi connectivity index (χ2n) is 1.98. The van der Waals surface area contributed by atoms with Crippen LogP contribution in [-0.4, -0.2) is 36.6 Å². The lowest BCUT2D eigenvalue weighted by Crippen LogP contribution is -2.37. The molecule has 0 aliphatic carbocycles. The van der Waals surface area contributed by atoms with Crippen LogP contribution in [0.25, 0.3) is 0 Å². The fourth-order valence-corrected chi connectivity index (χ4v) is 0.532. The Labute approximate surface area is 68.5 Å². The smallest absolute Gasteiger partial charge is 0.407 e. The molecule has 0 aliphatic heterocycles. The summed E-state index contributed by atoms with van der Waals surface area (Å²) in [5, 5.41) is 10.3. The van der Waals surface area contributed by atoms with E-state index in [1.54, 1.807) is 0 Å². The fourth-order valence-electron chi connectivity index (χ4n) is 0.532. The normalized spacial score (nSPS) is 11.4. The standard InChI is InChI=1S/C6H9NO5/c1-12-6(11)7-4(3-8)2-5(9)10/h3-4H,2H2,1H3,(H,7,11)(H,9,10)/t4-/m0/s1. The van der Waals surface area contributed by atoms with Gasteiger partial charge in [-0.15, -0.1) is 0 Å². The van der Waals surface area contributed by atoms with Crippen molar-refractivity contribution in [3.05, 3.63) is 0 Å². The monoisotopic (exact) mass is 175 g/mol. The third kappa shape index (κ3) is 4.26. The highest BCUT2D eigenvalue weighted by Gasteiger charge is 2.14. The Kier molecular flexibility index (Phi) is 4.43. The third-order valence-electron chi connectivity index (χ3n) is 1.05. The zero-order valence-electron chi connectivity index (χ0n) is 6.44. The third-order valence-corrected chi connectivity index (χ3v) is 1.05. The lowest BCUT2D eigenvalue weighted by Gasteiger charge is -2.07. The first-order chi connectivity index (χ1) is 5.60. The molecule has 1 atom stereocenters. The topological polar surface area (TPSA) is 92.7 Å². The molecule has 2 N–H and O–H groups in total. The number of alkyl carbamates (subject to hydrolysis) is 1. The lowest BCUT2D eigenvalue weighted by atomic mass is 10.2. The van der Waals surface area contributed by atoms with Gasteiger partial charge in [0.15, 0.2) is 0 Å². The molecule has 0 aromatic rings. The van der Waals surface area contributed by atoms with Gasteiger partial charge < -0.3 is 20.0 Å². The zero-order chi connectivity index (χ0) is 9.56. The van der Waals surface area contributed by atoms with Crippen molar-refractivity contribution in [2.75, 3.05) is 7.11 Å². The first kappa shape index (κ1) is 10.4. The van der Waals surface area contributed by atoms with Gasteiger partial charge in [-0.1, -0.05) is 0 Å². The Morgan fingerprint density at radius 2 is 2.25 bits per heavy atom. The summed E-state index contributed by atoms with van der Waals surface area (Å²) in [5.41, 5.74) is 0. The first-order valence-electron chi connectivity index (χ1n) is 3.11. The number of carboxylic acid groups (broad SMARTS) is 1. The number of carbonyl (C=O) groups excluding carboxylic acids is 2. The van der Waals surface area contributed by atoms with Crippen LogP contribution >= 0.6 is 0 Å². The van der Waals surface area contributed by atoms with Crippen LogP contribution in [0.3, 0.4) is 0 Å². The molecular formula is C6H9NO5. The highest BCUT2D eigenvalue weighted by atomic mass is 16.5. The summed E-state index contributed by atoms with van der Waals surface area (Å²) in [7, 11) is 1.12. The molecule has 0 radical (unpaired) electrons. The Balaban J connectivity index is 3.90. The van der Waals surface area contributed by atoms with Crippen molar-refractivity contribution >= 4 is 18.3 Å². The fraction of sp³-hybridized carbons (Fsp3) is 0.500. The van der Waals surface area contributed by atoms with Crippen LogP contribution in [0.4, 0.5) is 4.79 Å². The van der Waals surface area contributed by atoms with Gasteiger partial charge in [-0.25, -0.2) is 4.79 Å². The van der Waals surface area contributed by atoms with Crippen molar-refractivity contribution in [1.82, 2.24) is 5.32 Å². The Bertz CT molecular complexity index is 190. The number of nitrogens with one attached hydrogen (secondary N) is 1. The number of methoxy groups -OCH3 is 1. The molecule has 12 heavy (non-hydrogen) atoms. The summed E-state index contributed by atoms with van der Waals surface area (Å²) in [5.74, 6) is -1.16. The van der Waals surface area contributed by atoms with Gasteiger partial charge in [0.05, 0.1) is 19.6 Å². The van der Waals surface area contributed by atoms with E-state index >= 15 is 0 Å². The van der Waals surface area contributed by atoms with Crippen molar-refractivity contribution in [2.45, 2.75) is 12.5 Å². The Hall–Kier alpha value is -1.59. The zero-order valence-corrected chi connectivity index (χ0v) is 6.44. The van der Waals surface area contributed by atoms with Crippen molar-refractivity contribution in [2.24, 2.45) is 0 Å². The molecule has 0 heterocycles. The van der Waals surface area contributed by atoms with Gasteiger partial charge in [0, 0.05) is 0 Å². The maximum Gasteiger partial charge on any atom is 0.407 e. The number of rotatable bonds is 4. The minimum atomic E-state index is -1.16.